The van der Waals surface area contributed by atoms with Crippen molar-refractivity contribution < 1.29 is 9.63 Å². The van der Waals surface area contributed by atoms with Gasteiger partial charge in [0.15, 0.2) is 0 Å². The second-order valence-corrected chi connectivity index (χ2v) is 4.68. The molecule has 18 heavy (non-hydrogen) atoms. The summed E-state index contributed by atoms with van der Waals surface area (Å²) in [6, 6.07) is 7.94. The molecular formula is C13H15N3O2. The first-order valence-electron chi connectivity index (χ1n) is 6.04. The standard InChI is InChI=1S/C13H15N3O2/c1-8-3-2-4-9(5-8)12-15-13(18-16-12)11-6-10(17)7-14-11/h2-5,10-11,14,17H,6-7H2,1H3/t10-,11+/m0/s1. The molecule has 1 aromatic carbocycles. The van der Waals surface area contributed by atoms with Crippen molar-refractivity contribution in [1.82, 2.24) is 15.5 Å². The minimum atomic E-state index is -0.329. The van der Waals surface area contributed by atoms with Gasteiger partial charge in [0.05, 0.1) is 12.1 Å². The Balaban J connectivity index is 1.85. The zero-order valence-corrected chi connectivity index (χ0v) is 10.1. The van der Waals surface area contributed by atoms with Gasteiger partial charge in [0.1, 0.15) is 0 Å². The molecule has 3 rings (SSSR count). The van der Waals surface area contributed by atoms with E-state index in [1.54, 1.807) is 0 Å². The highest BCUT2D eigenvalue weighted by molar-refractivity contribution is 5.55. The van der Waals surface area contributed by atoms with Crippen molar-refractivity contribution in [3.8, 4) is 11.4 Å². The first-order chi connectivity index (χ1) is 8.72. The summed E-state index contributed by atoms with van der Waals surface area (Å²) in [4.78, 5) is 4.39. The van der Waals surface area contributed by atoms with Gasteiger partial charge in [-0.1, -0.05) is 28.9 Å². The third kappa shape index (κ3) is 2.14. The van der Waals surface area contributed by atoms with Crippen LogP contribution in [0, 0.1) is 6.92 Å². The largest absolute Gasteiger partial charge is 0.392 e. The van der Waals surface area contributed by atoms with E-state index in [2.05, 4.69) is 15.5 Å². The number of nitrogens with one attached hydrogen (secondary N) is 1. The van der Waals surface area contributed by atoms with Gasteiger partial charge in [-0.15, -0.1) is 0 Å². The fraction of sp³-hybridized carbons (Fsp3) is 0.385. The minimum absolute atomic E-state index is 0.0361. The molecule has 5 heteroatoms. The quantitative estimate of drug-likeness (QED) is 0.837. The Morgan fingerprint density at radius 2 is 2.33 bits per heavy atom. The van der Waals surface area contributed by atoms with Crippen LogP contribution in [-0.2, 0) is 0 Å². The Morgan fingerprint density at radius 1 is 1.44 bits per heavy atom. The zero-order valence-electron chi connectivity index (χ0n) is 10.1. The van der Waals surface area contributed by atoms with Gasteiger partial charge in [-0.05, 0) is 19.4 Å². The van der Waals surface area contributed by atoms with E-state index < -0.39 is 0 Å². The Kier molecular flexibility index (Phi) is 2.85. The topological polar surface area (TPSA) is 71.2 Å². The fourth-order valence-corrected chi connectivity index (χ4v) is 2.18. The summed E-state index contributed by atoms with van der Waals surface area (Å²) in [6.07, 6.45) is 0.291. The van der Waals surface area contributed by atoms with E-state index in [4.69, 9.17) is 4.52 Å². The normalized spacial score (nSPS) is 23.4. The average Bonchev–Trinajstić information content (AvgIpc) is 2.97. The van der Waals surface area contributed by atoms with Gasteiger partial charge in [0, 0.05) is 12.1 Å². The average molecular weight is 245 g/mol. The van der Waals surface area contributed by atoms with Crippen molar-refractivity contribution in [3.05, 3.63) is 35.7 Å². The number of aliphatic hydroxyl groups is 1. The molecule has 0 spiro atoms. The van der Waals surface area contributed by atoms with Gasteiger partial charge in [0.2, 0.25) is 11.7 Å². The van der Waals surface area contributed by atoms with E-state index >= 15 is 0 Å². The molecule has 1 aliphatic rings. The van der Waals surface area contributed by atoms with Crippen LogP contribution >= 0.6 is 0 Å². The first-order valence-corrected chi connectivity index (χ1v) is 6.04. The highest BCUT2D eigenvalue weighted by Crippen LogP contribution is 2.24. The third-order valence-electron chi connectivity index (χ3n) is 3.12. The molecule has 2 N–H and O–H groups in total. The van der Waals surface area contributed by atoms with Gasteiger partial charge in [-0.25, -0.2) is 0 Å². The molecule has 2 aromatic rings. The second kappa shape index (κ2) is 4.51. The van der Waals surface area contributed by atoms with E-state index in [0.29, 0.717) is 24.7 Å². The monoisotopic (exact) mass is 245 g/mol. The molecule has 0 radical (unpaired) electrons. The van der Waals surface area contributed by atoms with Gasteiger partial charge < -0.3 is 14.9 Å². The predicted octanol–water partition coefficient (Wildman–Crippen LogP) is 1.44. The lowest BCUT2D eigenvalue weighted by molar-refractivity contribution is 0.191. The molecule has 0 unspecified atom stereocenters. The van der Waals surface area contributed by atoms with Gasteiger partial charge in [-0.2, -0.15) is 4.98 Å². The summed E-state index contributed by atoms with van der Waals surface area (Å²) >= 11 is 0. The lowest BCUT2D eigenvalue weighted by Gasteiger charge is -2.01. The van der Waals surface area contributed by atoms with E-state index in [-0.39, 0.29) is 12.1 Å². The first kappa shape index (κ1) is 11.4. The van der Waals surface area contributed by atoms with Crippen LogP contribution < -0.4 is 5.32 Å². The summed E-state index contributed by atoms with van der Waals surface area (Å²) < 4.78 is 5.26. The van der Waals surface area contributed by atoms with Crippen molar-refractivity contribution in [2.75, 3.05) is 6.54 Å². The van der Waals surface area contributed by atoms with E-state index in [0.717, 1.165) is 11.1 Å². The number of aryl methyl sites for hydroxylation is 1. The molecule has 1 fully saturated rings. The summed E-state index contributed by atoms with van der Waals surface area (Å²) in [5, 5.41) is 16.6. The number of nitrogens with zero attached hydrogens (tertiary/aromatic N) is 2. The highest BCUT2D eigenvalue weighted by atomic mass is 16.5. The predicted molar refractivity (Wildman–Crippen MR) is 65.8 cm³/mol. The summed E-state index contributed by atoms with van der Waals surface area (Å²) in [7, 11) is 0. The number of hydrogen-bond donors (Lipinski definition) is 2. The van der Waals surface area contributed by atoms with Crippen molar-refractivity contribution in [1.29, 1.82) is 0 Å². The Hall–Kier alpha value is -1.72. The molecular weight excluding hydrogens is 230 g/mol. The third-order valence-corrected chi connectivity index (χ3v) is 3.12. The maximum absolute atomic E-state index is 9.47. The number of β-amino-alcohol motifs (C(OH)–C–C–N with tert-alkyl or cyclic N) is 1. The molecule has 2 heterocycles. The van der Waals surface area contributed by atoms with Crippen molar-refractivity contribution >= 4 is 0 Å². The van der Waals surface area contributed by atoms with Gasteiger partial charge >= 0.3 is 0 Å². The van der Waals surface area contributed by atoms with Crippen LogP contribution in [0.4, 0.5) is 0 Å². The number of hydrogen-bond acceptors (Lipinski definition) is 5. The van der Waals surface area contributed by atoms with Gasteiger partial charge in [0.25, 0.3) is 0 Å². The van der Waals surface area contributed by atoms with Crippen LogP contribution in [0.15, 0.2) is 28.8 Å². The summed E-state index contributed by atoms with van der Waals surface area (Å²) in [5.74, 6) is 1.14. The lowest BCUT2D eigenvalue weighted by atomic mass is 10.1. The molecule has 94 valence electrons. The van der Waals surface area contributed by atoms with E-state index in [1.807, 2.05) is 31.2 Å². The summed E-state index contributed by atoms with van der Waals surface area (Å²) in [5.41, 5.74) is 2.11. The van der Waals surface area contributed by atoms with Crippen molar-refractivity contribution in [2.24, 2.45) is 0 Å². The molecule has 1 aliphatic heterocycles. The molecule has 5 nitrogen and oxygen atoms in total. The van der Waals surface area contributed by atoms with Crippen LogP contribution in [0.5, 0.6) is 0 Å². The number of rotatable bonds is 2. The molecule has 0 bridgehead atoms. The highest BCUT2D eigenvalue weighted by Gasteiger charge is 2.28. The van der Waals surface area contributed by atoms with E-state index in [9.17, 15) is 5.11 Å². The summed E-state index contributed by atoms with van der Waals surface area (Å²) in [6.45, 7) is 2.60. The smallest absolute Gasteiger partial charge is 0.244 e. The maximum Gasteiger partial charge on any atom is 0.244 e. The zero-order chi connectivity index (χ0) is 12.5. The van der Waals surface area contributed by atoms with Crippen molar-refractivity contribution in [3.63, 3.8) is 0 Å². The van der Waals surface area contributed by atoms with E-state index in [1.165, 1.54) is 0 Å². The van der Waals surface area contributed by atoms with Crippen molar-refractivity contribution in [2.45, 2.75) is 25.5 Å². The van der Waals surface area contributed by atoms with Crippen LogP contribution in [0.2, 0.25) is 0 Å². The molecule has 0 saturated carbocycles. The number of aromatic nitrogens is 2. The Labute approximate surface area is 105 Å². The molecule has 0 aliphatic carbocycles. The maximum atomic E-state index is 9.47. The molecule has 1 aromatic heterocycles. The second-order valence-electron chi connectivity index (χ2n) is 4.68. The number of benzene rings is 1. The Bertz CT molecular complexity index is 553. The van der Waals surface area contributed by atoms with Crippen LogP contribution in [-0.4, -0.2) is 27.9 Å². The minimum Gasteiger partial charge on any atom is -0.392 e. The molecule has 0 amide bonds. The van der Waals surface area contributed by atoms with Gasteiger partial charge in [-0.3, -0.25) is 0 Å². The SMILES string of the molecule is Cc1cccc(-c2noc([C@H]3C[C@H](O)CN3)n2)c1. The molecule has 1 saturated heterocycles. The van der Waals surface area contributed by atoms with Crippen LogP contribution in [0.1, 0.15) is 23.9 Å². The Morgan fingerprint density at radius 3 is 3.06 bits per heavy atom. The molecule has 2 atom stereocenters. The fourth-order valence-electron chi connectivity index (χ4n) is 2.18. The van der Waals surface area contributed by atoms with Crippen LogP contribution in [0.25, 0.3) is 11.4 Å². The van der Waals surface area contributed by atoms with Crippen LogP contribution in [0.3, 0.4) is 0 Å². The number of aliphatic hydroxyl groups excluding tert-OH is 1. The lowest BCUT2D eigenvalue weighted by Crippen LogP contribution is -2.15.